The molecule has 0 bridgehead atoms. The van der Waals surface area contributed by atoms with Crippen molar-refractivity contribution in [2.24, 2.45) is 11.8 Å². The van der Waals surface area contributed by atoms with Crippen molar-refractivity contribution < 1.29 is 9.59 Å². The molecule has 2 fully saturated rings. The Morgan fingerprint density at radius 2 is 1.74 bits per heavy atom. The lowest BCUT2D eigenvalue weighted by molar-refractivity contribution is -0.123. The van der Waals surface area contributed by atoms with Gasteiger partial charge in [-0.25, -0.2) is 4.98 Å². The standard InChI is InChI=1S/C20H30N4O2.ClH/c21-18-11-10-17(13-22-18)24-20(26)15-6-8-16(9-7-15)23-19(25)12-14-4-2-1-3-5-14;/h10-11,13-16H,1-9,12H2,(H2,21,22)(H,23,25)(H,24,26);1H. The molecule has 7 heteroatoms. The minimum absolute atomic E-state index is 0. The normalized spacial score (nSPS) is 23.1. The first kappa shape index (κ1) is 21.5. The predicted molar refractivity (Wildman–Crippen MR) is 110 cm³/mol. The molecule has 1 heterocycles. The van der Waals surface area contributed by atoms with E-state index in [1.807, 2.05) is 0 Å². The van der Waals surface area contributed by atoms with Crippen molar-refractivity contribution in [3.8, 4) is 0 Å². The molecule has 27 heavy (non-hydrogen) atoms. The molecule has 0 radical (unpaired) electrons. The molecule has 2 saturated carbocycles. The fourth-order valence-corrected chi connectivity index (χ4v) is 4.16. The highest BCUT2D eigenvalue weighted by molar-refractivity contribution is 5.92. The van der Waals surface area contributed by atoms with Crippen molar-refractivity contribution in [3.05, 3.63) is 18.3 Å². The van der Waals surface area contributed by atoms with E-state index in [1.165, 1.54) is 32.1 Å². The third kappa shape index (κ3) is 6.69. The zero-order chi connectivity index (χ0) is 18.4. The van der Waals surface area contributed by atoms with Crippen LogP contribution in [-0.4, -0.2) is 22.8 Å². The second kappa shape index (κ2) is 10.5. The van der Waals surface area contributed by atoms with Gasteiger partial charge in [0.2, 0.25) is 11.8 Å². The van der Waals surface area contributed by atoms with Gasteiger partial charge in [-0.2, -0.15) is 0 Å². The summed E-state index contributed by atoms with van der Waals surface area (Å²) in [7, 11) is 0. The number of pyridine rings is 1. The summed E-state index contributed by atoms with van der Waals surface area (Å²) < 4.78 is 0. The number of nitrogen functional groups attached to an aromatic ring is 1. The maximum atomic E-state index is 12.4. The third-order valence-corrected chi connectivity index (χ3v) is 5.72. The van der Waals surface area contributed by atoms with Crippen LogP contribution in [0.3, 0.4) is 0 Å². The van der Waals surface area contributed by atoms with Gasteiger partial charge in [0.15, 0.2) is 0 Å². The van der Waals surface area contributed by atoms with Gasteiger partial charge in [-0.3, -0.25) is 9.59 Å². The van der Waals surface area contributed by atoms with E-state index < -0.39 is 0 Å². The van der Waals surface area contributed by atoms with Crippen LogP contribution >= 0.6 is 12.4 Å². The molecule has 2 aliphatic rings. The maximum absolute atomic E-state index is 12.4. The molecule has 1 aromatic rings. The molecule has 0 aliphatic heterocycles. The van der Waals surface area contributed by atoms with Crippen LogP contribution in [0.1, 0.15) is 64.2 Å². The summed E-state index contributed by atoms with van der Waals surface area (Å²) in [6, 6.07) is 3.65. The van der Waals surface area contributed by atoms with Crippen molar-refractivity contribution in [1.82, 2.24) is 10.3 Å². The Balaban J connectivity index is 0.00000261. The summed E-state index contributed by atoms with van der Waals surface area (Å²) >= 11 is 0. The largest absolute Gasteiger partial charge is 0.384 e. The number of aromatic nitrogens is 1. The minimum Gasteiger partial charge on any atom is -0.384 e. The van der Waals surface area contributed by atoms with Gasteiger partial charge in [-0.15, -0.1) is 12.4 Å². The van der Waals surface area contributed by atoms with E-state index in [1.54, 1.807) is 18.3 Å². The minimum atomic E-state index is -0.000880. The predicted octanol–water partition coefficient (Wildman–Crippen LogP) is 3.67. The molecule has 2 aliphatic carbocycles. The summed E-state index contributed by atoms with van der Waals surface area (Å²) in [5.74, 6) is 1.23. The van der Waals surface area contributed by atoms with Crippen molar-refractivity contribution >= 4 is 35.7 Å². The van der Waals surface area contributed by atoms with E-state index in [0.29, 0.717) is 23.8 Å². The Morgan fingerprint density at radius 3 is 2.37 bits per heavy atom. The number of nitrogens with zero attached hydrogens (tertiary/aromatic N) is 1. The fraction of sp³-hybridized carbons (Fsp3) is 0.650. The van der Waals surface area contributed by atoms with E-state index in [-0.39, 0.29) is 36.2 Å². The van der Waals surface area contributed by atoms with Crippen LogP contribution in [0, 0.1) is 11.8 Å². The van der Waals surface area contributed by atoms with Crippen LogP contribution < -0.4 is 16.4 Å². The Kier molecular flexibility index (Phi) is 8.35. The molecule has 4 N–H and O–H groups in total. The molecule has 150 valence electrons. The van der Waals surface area contributed by atoms with Gasteiger partial charge in [-0.1, -0.05) is 19.3 Å². The van der Waals surface area contributed by atoms with Crippen LogP contribution in [0.4, 0.5) is 11.5 Å². The second-order valence-corrected chi connectivity index (χ2v) is 7.79. The number of carbonyl (C=O) groups is 2. The van der Waals surface area contributed by atoms with Gasteiger partial charge >= 0.3 is 0 Å². The lowest BCUT2D eigenvalue weighted by atomic mass is 9.84. The molecular formula is C20H31ClN4O2. The third-order valence-electron chi connectivity index (χ3n) is 5.72. The topological polar surface area (TPSA) is 97.1 Å². The summed E-state index contributed by atoms with van der Waals surface area (Å²) in [4.78, 5) is 28.6. The quantitative estimate of drug-likeness (QED) is 0.709. The van der Waals surface area contributed by atoms with Crippen molar-refractivity contribution in [2.45, 2.75) is 70.3 Å². The van der Waals surface area contributed by atoms with E-state index in [4.69, 9.17) is 5.73 Å². The number of carbonyl (C=O) groups excluding carboxylic acids is 2. The number of rotatable bonds is 5. The number of anilines is 2. The van der Waals surface area contributed by atoms with E-state index in [9.17, 15) is 9.59 Å². The second-order valence-electron chi connectivity index (χ2n) is 7.79. The fourth-order valence-electron chi connectivity index (χ4n) is 4.16. The highest BCUT2D eigenvalue weighted by Crippen LogP contribution is 2.28. The van der Waals surface area contributed by atoms with Crippen molar-refractivity contribution in [1.29, 1.82) is 0 Å². The highest BCUT2D eigenvalue weighted by Gasteiger charge is 2.27. The molecule has 0 spiro atoms. The van der Waals surface area contributed by atoms with Crippen LogP contribution in [0.5, 0.6) is 0 Å². The number of amides is 2. The van der Waals surface area contributed by atoms with Gasteiger partial charge in [-0.05, 0) is 56.6 Å². The van der Waals surface area contributed by atoms with Crippen LogP contribution in [0.15, 0.2) is 18.3 Å². The monoisotopic (exact) mass is 394 g/mol. The molecule has 6 nitrogen and oxygen atoms in total. The van der Waals surface area contributed by atoms with Gasteiger partial charge < -0.3 is 16.4 Å². The Morgan fingerprint density at radius 1 is 1.04 bits per heavy atom. The number of nitrogens with two attached hydrogens (primary N) is 1. The smallest absolute Gasteiger partial charge is 0.227 e. The van der Waals surface area contributed by atoms with Gasteiger partial charge in [0.25, 0.3) is 0 Å². The molecular weight excluding hydrogens is 364 g/mol. The van der Waals surface area contributed by atoms with Gasteiger partial charge in [0, 0.05) is 18.4 Å². The first-order chi connectivity index (χ1) is 12.6. The van der Waals surface area contributed by atoms with Crippen LogP contribution in [-0.2, 0) is 9.59 Å². The summed E-state index contributed by atoms with van der Waals surface area (Å²) in [5, 5.41) is 6.09. The summed E-state index contributed by atoms with van der Waals surface area (Å²) in [6.07, 6.45) is 11.8. The van der Waals surface area contributed by atoms with Crippen molar-refractivity contribution in [2.75, 3.05) is 11.1 Å². The molecule has 2 amide bonds. The number of hydrogen-bond donors (Lipinski definition) is 3. The first-order valence-corrected chi connectivity index (χ1v) is 9.92. The Hall–Kier alpha value is -1.82. The van der Waals surface area contributed by atoms with E-state index in [0.717, 1.165) is 25.7 Å². The molecule has 0 aromatic carbocycles. The summed E-state index contributed by atoms with van der Waals surface area (Å²) in [6.45, 7) is 0. The number of halogens is 1. The Bertz CT molecular complexity index is 609. The lowest BCUT2D eigenvalue weighted by Crippen LogP contribution is -2.40. The zero-order valence-electron chi connectivity index (χ0n) is 15.8. The number of nitrogens with one attached hydrogen (secondary N) is 2. The molecule has 0 saturated heterocycles. The van der Waals surface area contributed by atoms with E-state index >= 15 is 0 Å². The molecule has 3 rings (SSSR count). The van der Waals surface area contributed by atoms with Gasteiger partial charge in [0.05, 0.1) is 11.9 Å². The maximum Gasteiger partial charge on any atom is 0.227 e. The Labute approximate surface area is 167 Å². The average Bonchev–Trinajstić information content (AvgIpc) is 2.65. The SMILES string of the molecule is Cl.Nc1ccc(NC(=O)C2CCC(NC(=O)CC3CCCCC3)CC2)cn1. The van der Waals surface area contributed by atoms with E-state index in [2.05, 4.69) is 15.6 Å². The first-order valence-electron chi connectivity index (χ1n) is 9.92. The zero-order valence-corrected chi connectivity index (χ0v) is 16.6. The molecule has 0 atom stereocenters. The average molecular weight is 395 g/mol. The lowest BCUT2D eigenvalue weighted by Gasteiger charge is -2.29. The highest BCUT2D eigenvalue weighted by atomic mass is 35.5. The van der Waals surface area contributed by atoms with Gasteiger partial charge in [0.1, 0.15) is 5.82 Å². The van der Waals surface area contributed by atoms with Crippen molar-refractivity contribution in [3.63, 3.8) is 0 Å². The number of hydrogen-bond acceptors (Lipinski definition) is 4. The molecule has 1 aromatic heterocycles. The summed E-state index contributed by atoms with van der Waals surface area (Å²) in [5.41, 5.74) is 6.23. The van der Waals surface area contributed by atoms with Crippen LogP contribution in [0.2, 0.25) is 0 Å². The van der Waals surface area contributed by atoms with Crippen LogP contribution in [0.25, 0.3) is 0 Å². The molecule has 0 unspecified atom stereocenters.